The Balaban J connectivity index is 1.82. The van der Waals surface area contributed by atoms with Crippen molar-refractivity contribution in [1.29, 1.82) is 5.26 Å². The van der Waals surface area contributed by atoms with Gasteiger partial charge in [0.2, 0.25) is 0 Å². The molecule has 3 rings (SSSR count). The van der Waals surface area contributed by atoms with Crippen LogP contribution in [0.25, 0.3) is 0 Å². The third-order valence-electron chi connectivity index (χ3n) is 6.12. The third kappa shape index (κ3) is 5.00. The lowest BCUT2D eigenvalue weighted by molar-refractivity contribution is -0.125. The van der Waals surface area contributed by atoms with Gasteiger partial charge >= 0.3 is 5.97 Å². The van der Waals surface area contributed by atoms with E-state index in [2.05, 4.69) is 5.32 Å². The first-order valence-electron chi connectivity index (χ1n) is 11.2. The number of ether oxygens (including phenoxy) is 3. The summed E-state index contributed by atoms with van der Waals surface area (Å²) in [6, 6.07) is 11.3. The van der Waals surface area contributed by atoms with Gasteiger partial charge in [-0.15, -0.1) is 0 Å². The summed E-state index contributed by atoms with van der Waals surface area (Å²) in [7, 11) is 2.77. The van der Waals surface area contributed by atoms with E-state index in [1.807, 2.05) is 6.07 Å². The van der Waals surface area contributed by atoms with Crippen LogP contribution in [0.4, 0.5) is 0 Å². The molecule has 0 aromatic heterocycles. The lowest BCUT2D eigenvalue weighted by Crippen LogP contribution is -2.50. The molecule has 10 heteroatoms. The van der Waals surface area contributed by atoms with Crippen molar-refractivity contribution < 1.29 is 33.4 Å². The van der Waals surface area contributed by atoms with Gasteiger partial charge in [0.25, 0.3) is 17.7 Å². The maximum Gasteiger partial charge on any atom is 0.338 e. The number of imide groups is 1. The van der Waals surface area contributed by atoms with E-state index in [9.17, 15) is 24.4 Å². The van der Waals surface area contributed by atoms with Gasteiger partial charge < -0.3 is 19.5 Å². The molecule has 0 bridgehead atoms. The van der Waals surface area contributed by atoms with Crippen LogP contribution in [-0.4, -0.2) is 55.0 Å². The Morgan fingerprint density at radius 2 is 1.69 bits per heavy atom. The normalized spacial score (nSPS) is 14.1. The van der Waals surface area contributed by atoms with Crippen LogP contribution in [0.2, 0.25) is 0 Å². The first-order valence-corrected chi connectivity index (χ1v) is 11.2. The van der Waals surface area contributed by atoms with Crippen molar-refractivity contribution in [1.82, 2.24) is 10.2 Å². The second kappa shape index (κ2) is 10.5. The number of nitrogens with zero attached hydrogens (tertiary/aromatic N) is 2. The first kappa shape index (κ1) is 26.2. The summed E-state index contributed by atoms with van der Waals surface area (Å²) < 4.78 is 15.9. The van der Waals surface area contributed by atoms with Crippen molar-refractivity contribution in [2.45, 2.75) is 32.9 Å². The maximum atomic E-state index is 12.8. The lowest BCUT2D eigenvalue weighted by atomic mass is 9.90. The lowest BCUT2D eigenvalue weighted by Gasteiger charge is -2.27. The van der Waals surface area contributed by atoms with Gasteiger partial charge in [-0.3, -0.25) is 19.3 Å². The average Bonchev–Trinajstić information content (AvgIpc) is 3.11. The zero-order chi connectivity index (χ0) is 26.6. The van der Waals surface area contributed by atoms with Crippen LogP contribution in [0.5, 0.6) is 11.5 Å². The number of carbonyl (C=O) groups excluding carboxylic acids is 4. The molecular weight excluding hydrogens is 466 g/mol. The molecule has 0 spiro atoms. The van der Waals surface area contributed by atoms with Crippen LogP contribution in [0.15, 0.2) is 36.4 Å². The van der Waals surface area contributed by atoms with E-state index >= 15 is 0 Å². The van der Waals surface area contributed by atoms with E-state index in [-0.39, 0.29) is 29.5 Å². The van der Waals surface area contributed by atoms with Crippen molar-refractivity contribution in [3.8, 4) is 17.6 Å². The zero-order valence-corrected chi connectivity index (χ0v) is 20.7. The van der Waals surface area contributed by atoms with Crippen molar-refractivity contribution in [2.75, 3.05) is 20.8 Å². The minimum Gasteiger partial charge on any atom is -0.493 e. The molecule has 1 unspecified atom stereocenters. The van der Waals surface area contributed by atoms with Gasteiger partial charge in [0, 0.05) is 5.56 Å². The summed E-state index contributed by atoms with van der Waals surface area (Å²) in [5, 5.41) is 11.9. The predicted molar refractivity (Wildman–Crippen MR) is 127 cm³/mol. The number of methoxy groups -OCH3 is 2. The fraction of sp³-hybridized carbons (Fsp3) is 0.346. The Kier molecular flexibility index (Phi) is 7.63. The molecule has 1 atom stereocenters. The Hall–Kier alpha value is -4.39. The molecule has 36 heavy (non-hydrogen) atoms. The Bertz CT molecular complexity index is 1230. The molecule has 1 N–H and O–H groups in total. The number of hydrogen-bond acceptors (Lipinski definition) is 8. The van der Waals surface area contributed by atoms with E-state index in [1.54, 1.807) is 45.0 Å². The smallest absolute Gasteiger partial charge is 0.338 e. The van der Waals surface area contributed by atoms with Crippen molar-refractivity contribution in [2.24, 2.45) is 5.92 Å². The van der Waals surface area contributed by atoms with Gasteiger partial charge in [-0.2, -0.15) is 5.26 Å². The van der Waals surface area contributed by atoms with E-state index in [4.69, 9.17) is 14.2 Å². The molecule has 0 saturated carbocycles. The number of carbonyl (C=O) groups is 4. The number of nitrogens with one attached hydrogen (secondary N) is 1. The molecule has 0 radical (unpaired) electrons. The number of esters is 1. The number of nitriles is 1. The number of hydrogen-bond donors (Lipinski definition) is 1. The molecule has 0 aliphatic carbocycles. The highest BCUT2D eigenvalue weighted by Gasteiger charge is 2.36. The van der Waals surface area contributed by atoms with Crippen molar-refractivity contribution in [3.05, 3.63) is 58.7 Å². The maximum absolute atomic E-state index is 12.8. The fourth-order valence-corrected chi connectivity index (χ4v) is 3.67. The Labute approximate surface area is 208 Å². The summed E-state index contributed by atoms with van der Waals surface area (Å²) in [5.41, 5.74) is -0.174. The molecule has 3 amide bonds. The van der Waals surface area contributed by atoms with Crippen molar-refractivity contribution >= 4 is 23.7 Å². The molecule has 0 saturated heterocycles. The summed E-state index contributed by atoms with van der Waals surface area (Å²) >= 11 is 0. The topological polar surface area (TPSA) is 135 Å². The highest BCUT2D eigenvalue weighted by molar-refractivity contribution is 6.21. The number of benzene rings is 2. The molecule has 1 aliphatic heterocycles. The Morgan fingerprint density at radius 1 is 1.08 bits per heavy atom. The summed E-state index contributed by atoms with van der Waals surface area (Å²) in [4.78, 5) is 51.8. The van der Waals surface area contributed by atoms with Crippen LogP contribution >= 0.6 is 0 Å². The monoisotopic (exact) mass is 493 g/mol. The molecular formula is C26H27N3O7. The molecule has 188 valence electrons. The van der Waals surface area contributed by atoms with Crippen molar-refractivity contribution in [3.63, 3.8) is 0 Å². The highest BCUT2D eigenvalue weighted by atomic mass is 16.5. The standard InChI is InChI=1S/C26H27N3O7/c1-15(2)26(3,14-27)28-21(30)13-36-25(33)16-10-17(22(35-5)20(11-16)34-4)12-29-23(31)18-8-6-7-9-19(18)24(29)32/h6-11,15H,12-13H2,1-5H3,(H,28,30). The number of fused-ring (bicyclic) bond motifs is 1. The zero-order valence-electron chi connectivity index (χ0n) is 20.7. The molecule has 0 fully saturated rings. The van der Waals surface area contributed by atoms with Crippen LogP contribution in [-0.2, 0) is 16.1 Å². The molecule has 2 aromatic rings. The number of rotatable bonds is 9. The van der Waals surface area contributed by atoms with Gasteiger partial charge in [-0.05, 0) is 37.1 Å². The molecule has 10 nitrogen and oxygen atoms in total. The van der Waals surface area contributed by atoms with E-state index in [1.165, 1.54) is 26.4 Å². The minimum atomic E-state index is -1.12. The highest BCUT2D eigenvalue weighted by Crippen LogP contribution is 2.35. The van der Waals surface area contributed by atoms with Gasteiger partial charge in [-0.25, -0.2) is 4.79 Å². The predicted octanol–water partition coefficient (Wildman–Crippen LogP) is 2.71. The molecule has 2 aromatic carbocycles. The SMILES string of the molecule is COc1cc(C(=O)OCC(=O)NC(C)(C#N)C(C)C)cc(CN2C(=O)c3ccccc3C2=O)c1OC. The largest absolute Gasteiger partial charge is 0.493 e. The molecule has 1 aliphatic rings. The van der Waals surface area contributed by atoms with Crippen LogP contribution in [0.1, 0.15) is 57.4 Å². The van der Waals surface area contributed by atoms with Gasteiger partial charge in [0.05, 0.1) is 43.5 Å². The van der Waals surface area contributed by atoms with Gasteiger partial charge in [0.1, 0.15) is 5.54 Å². The van der Waals surface area contributed by atoms with Gasteiger partial charge in [-0.1, -0.05) is 26.0 Å². The van der Waals surface area contributed by atoms with Gasteiger partial charge in [0.15, 0.2) is 18.1 Å². The first-order chi connectivity index (χ1) is 17.1. The third-order valence-corrected chi connectivity index (χ3v) is 6.12. The Morgan fingerprint density at radius 3 is 2.19 bits per heavy atom. The minimum absolute atomic E-state index is 0.0268. The van der Waals surface area contributed by atoms with E-state index in [0.29, 0.717) is 16.7 Å². The van der Waals surface area contributed by atoms with Crippen LogP contribution < -0.4 is 14.8 Å². The number of amides is 3. The van der Waals surface area contributed by atoms with E-state index in [0.717, 1.165) is 4.90 Å². The molecule has 1 heterocycles. The van der Waals surface area contributed by atoms with E-state index < -0.39 is 35.8 Å². The second-order valence-corrected chi connectivity index (χ2v) is 8.71. The summed E-state index contributed by atoms with van der Waals surface area (Å²) in [5.74, 6) is -2.15. The fourth-order valence-electron chi connectivity index (χ4n) is 3.67. The quantitative estimate of drug-likeness (QED) is 0.416. The van der Waals surface area contributed by atoms with Crippen LogP contribution in [0, 0.1) is 17.2 Å². The van der Waals surface area contributed by atoms with Crippen LogP contribution in [0.3, 0.4) is 0 Å². The summed E-state index contributed by atoms with van der Waals surface area (Å²) in [6.45, 7) is 4.37. The average molecular weight is 494 g/mol. The second-order valence-electron chi connectivity index (χ2n) is 8.71. The summed E-state index contributed by atoms with van der Waals surface area (Å²) in [6.07, 6.45) is 0.